The largest absolute Gasteiger partial charge is 0.389 e. The molecule has 0 spiro atoms. The smallest absolute Gasteiger partial charge is 0.230 e. The summed E-state index contributed by atoms with van der Waals surface area (Å²) >= 11 is 13.8. The third-order valence-corrected chi connectivity index (χ3v) is 4.72. The SMILES string of the molecule is O=C(CSCCCl)NCC(O)CNC(=O)CSCCCl. The van der Waals surface area contributed by atoms with Crippen LogP contribution < -0.4 is 10.6 Å². The highest BCUT2D eigenvalue weighted by atomic mass is 35.5. The summed E-state index contributed by atoms with van der Waals surface area (Å²) in [4.78, 5) is 22.7. The van der Waals surface area contributed by atoms with Gasteiger partial charge in [-0.3, -0.25) is 9.59 Å². The van der Waals surface area contributed by atoms with Crippen LogP contribution in [-0.4, -0.2) is 70.9 Å². The van der Waals surface area contributed by atoms with Gasteiger partial charge in [-0.25, -0.2) is 0 Å². The zero-order valence-electron chi connectivity index (χ0n) is 11.1. The van der Waals surface area contributed by atoms with E-state index in [4.69, 9.17) is 23.2 Å². The Morgan fingerprint density at radius 2 is 1.35 bits per heavy atom. The highest BCUT2D eigenvalue weighted by Crippen LogP contribution is 2.00. The maximum atomic E-state index is 11.3. The van der Waals surface area contributed by atoms with Gasteiger partial charge in [-0.2, -0.15) is 23.5 Å². The van der Waals surface area contributed by atoms with E-state index >= 15 is 0 Å². The van der Waals surface area contributed by atoms with Crippen molar-refractivity contribution >= 4 is 58.5 Å². The first-order chi connectivity index (χ1) is 9.60. The molecule has 3 N–H and O–H groups in total. The van der Waals surface area contributed by atoms with Crippen LogP contribution in [0.15, 0.2) is 0 Å². The molecule has 0 aromatic carbocycles. The van der Waals surface area contributed by atoms with Crippen molar-refractivity contribution in [2.75, 3.05) is 47.9 Å². The lowest BCUT2D eigenvalue weighted by Crippen LogP contribution is -2.41. The highest BCUT2D eigenvalue weighted by Gasteiger charge is 2.09. The van der Waals surface area contributed by atoms with Crippen LogP contribution in [0.4, 0.5) is 0 Å². The Morgan fingerprint density at radius 1 is 0.950 bits per heavy atom. The molecule has 0 radical (unpaired) electrons. The first-order valence-electron chi connectivity index (χ1n) is 6.09. The molecule has 0 fully saturated rings. The van der Waals surface area contributed by atoms with Crippen molar-refractivity contribution in [3.63, 3.8) is 0 Å². The normalized spacial score (nSPS) is 10.6. The van der Waals surface area contributed by atoms with Crippen molar-refractivity contribution in [2.24, 2.45) is 0 Å². The first kappa shape index (κ1) is 20.2. The number of aliphatic hydroxyl groups excluding tert-OH is 1. The highest BCUT2D eigenvalue weighted by molar-refractivity contribution is 8.00. The number of nitrogens with one attached hydrogen (secondary N) is 2. The fraction of sp³-hybridized carbons (Fsp3) is 0.818. The van der Waals surface area contributed by atoms with Crippen LogP contribution in [0.1, 0.15) is 0 Å². The molecule has 0 aliphatic rings. The molecular formula is C11H20Cl2N2O3S2. The number of amides is 2. The summed E-state index contributed by atoms with van der Waals surface area (Å²) in [6.45, 7) is 0.241. The first-order valence-corrected chi connectivity index (χ1v) is 9.46. The molecule has 5 nitrogen and oxygen atoms in total. The van der Waals surface area contributed by atoms with E-state index in [2.05, 4.69) is 10.6 Å². The van der Waals surface area contributed by atoms with Crippen molar-refractivity contribution in [3.8, 4) is 0 Å². The number of thioether (sulfide) groups is 2. The van der Waals surface area contributed by atoms with Gasteiger partial charge < -0.3 is 15.7 Å². The number of aliphatic hydroxyl groups is 1. The van der Waals surface area contributed by atoms with Crippen molar-refractivity contribution in [2.45, 2.75) is 6.10 Å². The Bertz CT molecular complexity index is 260. The van der Waals surface area contributed by atoms with E-state index in [1.165, 1.54) is 23.5 Å². The summed E-state index contributed by atoms with van der Waals surface area (Å²) in [5.74, 6) is 2.79. The van der Waals surface area contributed by atoms with E-state index in [-0.39, 0.29) is 24.9 Å². The molecule has 0 aliphatic carbocycles. The Hall–Kier alpha value is 0.180. The lowest BCUT2D eigenvalue weighted by atomic mass is 10.3. The van der Waals surface area contributed by atoms with E-state index in [9.17, 15) is 14.7 Å². The van der Waals surface area contributed by atoms with Crippen LogP contribution in [-0.2, 0) is 9.59 Å². The van der Waals surface area contributed by atoms with Gasteiger partial charge >= 0.3 is 0 Å². The molecule has 118 valence electrons. The van der Waals surface area contributed by atoms with Crippen LogP contribution >= 0.6 is 46.7 Å². The summed E-state index contributed by atoms with van der Waals surface area (Å²) in [7, 11) is 0. The zero-order valence-corrected chi connectivity index (χ0v) is 14.2. The number of halogens is 2. The molecule has 0 aliphatic heterocycles. The molecule has 0 unspecified atom stereocenters. The van der Waals surface area contributed by atoms with Crippen molar-refractivity contribution in [1.29, 1.82) is 0 Å². The molecule has 0 rings (SSSR count). The lowest BCUT2D eigenvalue weighted by Gasteiger charge is -2.12. The lowest BCUT2D eigenvalue weighted by molar-refractivity contribution is -0.119. The van der Waals surface area contributed by atoms with E-state index in [1.807, 2.05) is 0 Å². The molecule has 2 amide bonds. The van der Waals surface area contributed by atoms with Gasteiger partial charge in [0.1, 0.15) is 0 Å². The molecule has 0 aromatic heterocycles. The van der Waals surface area contributed by atoms with Gasteiger partial charge in [0.05, 0.1) is 17.6 Å². The molecule has 0 atom stereocenters. The average molecular weight is 363 g/mol. The predicted octanol–water partition coefficient (Wildman–Crippen LogP) is 0.524. The maximum Gasteiger partial charge on any atom is 0.230 e. The number of alkyl halides is 2. The maximum absolute atomic E-state index is 11.3. The standard InChI is InChI=1S/C11H20Cl2N2O3S2/c12-1-3-19-7-10(17)14-5-9(16)6-15-11(18)8-20-4-2-13/h9,16H,1-8H2,(H,14,17)(H,15,18). The second-order valence-corrected chi connectivity index (χ2v) is 6.71. The van der Waals surface area contributed by atoms with Gasteiger partial charge in [-0.05, 0) is 0 Å². The summed E-state index contributed by atoms with van der Waals surface area (Å²) in [5.41, 5.74) is 0. The Kier molecular flexibility index (Phi) is 14.3. The monoisotopic (exact) mass is 362 g/mol. The molecule has 9 heteroatoms. The van der Waals surface area contributed by atoms with Gasteiger partial charge in [-0.1, -0.05) is 0 Å². The summed E-state index contributed by atoms with van der Waals surface area (Å²) in [6.07, 6.45) is -0.793. The number of carbonyl (C=O) groups excluding carboxylic acids is 2. The second kappa shape index (κ2) is 14.1. The van der Waals surface area contributed by atoms with Gasteiger partial charge in [-0.15, -0.1) is 23.2 Å². The molecule has 0 heterocycles. The minimum Gasteiger partial charge on any atom is -0.389 e. The van der Waals surface area contributed by atoms with Gasteiger partial charge in [0.2, 0.25) is 11.8 Å². The van der Waals surface area contributed by atoms with Crippen LogP contribution in [0, 0.1) is 0 Å². The summed E-state index contributed by atoms with van der Waals surface area (Å²) in [6, 6.07) is 0. The minimum absolute atomic E-state index is 0.120. The van der Waals surface area contributed by atoms with Gasteiger partial charge in [0.15, 0.2) is 0 Å². The third-order valence-electron chi connectivity index (χ3n) is 1.98. The van der Waals surface area contributed by atoms with Crippen LogP contribution in [0.2, 0.25) is 0 Å². The summed E-state index contributed by atoms with van der Waals surface area (Å²) in [5, 5.41) is 14.8. The van der Waals surface area contributed by atoms with Crippen molar-refractivity contribution in [3.05, 3.63) is 0 Å². The van der Waals surface area contributed by atoms with Gasteiger partial charge in [0, 0.05) is 36.4 Å². The molecule has 0 saturated carbocycles. The average Bonchev–Trinajstić information content (AvgIpc) is 2.43. The van der Waals surface area contributed by atoms with E-state index < -0.39 is 6.10 Å². The Labute approximate surface area is 137 Å². The van der Waals surface area contributed by atoms with Crippen molar-refractivity contribution < 1.29 is 14.7 Å². The van der Waals surface area contributed by atoms with E-state index in [0.29, 0.717) is 34.8 Å². The quantitative estimate of drug-likeness (QED) is 0.348. The van der Waals surface area contributed by atoms with Crippen LogP contribution in [0.25, 0.3) is 0 Å². The summed E-state index contributed by atoms with van der Waals surface area (Å²) < 4.78 is 0. The molecular weight excluding hydrogens is 343 g/mol. The van der Waals surface area contributed by atoms with Gasteiger partial charge in [0.25, 0.3) is 0 Å². The zero-order chi connectivity index (χ0) is 15.2. The Morgan fingerprint density at radius 3 is 1.70 bits per heavy atom. The number of hydrogen-bond donors (Lipinski definition) is 3. The number of rotatable bonds is 12. The fourth-order valence-electron chi connectivity index (χ4n) is 1.08. The minimum atomic E-state index is -0.793. The number of hydrogen-bond acceptors (Lipinski definition) is 5. The molecule has 0 aromatic rings. The second-order valence-electron chi connectivity index (χ2n) is 3.75. The molecule has 20 heavy (non-hydrogen) atoms. The van der Waals surface area contributed by atoms with Crippen molar-refractivity contribution in [1.82, 2.24) is 10.6 Å². The van der Waals surface area contributed by atoms with E-state index in [0.717, 1.165) is 0 Å². The van der Waals surface area contributed by atoms with Crippen LogP contribution in [0.3, 0.4) is 0 Å². The topological polar surface area (TPSA) is 78.4 Å². The predicted molar refractivity (Wildman–Crippen MR) is 88.1 cm³/mol. The Balaban J connectivity index is 3.55. The molecule has 0 bridgehead atoms. The van der Waals surface area contributed by atoms with E-state index in [1.54, 1.807) is 0 Å². The third kappa shape index (κ3) is 13.2. The fourth-order valence-corrected chi connectivity index (χ4v) is 2.81. The number of carbonyl (C=O) groups is 2. The molecule has 0 saturated heterocycles. The van der Waals surface area contributed by atoms with Crippen LogP contribution in [0.5, 0.6) is 0 Å².